The third kappa shape index (κ3) is 2.04. The Morgan fingerprint density at radius 3 is 2.89 bits per heavy atom. The average Bonchev–Trinajstić information content (AvgIpc) is 2.61. The van der Waals surface area contributed by atoms with Crippen molar-refractivity contribution in [3.05, 3.63) is 24.3 Å². The number of amides is 1. The summed E-state index contributed by atoms with van der Waals surface area (Å²) in [5.41, 5.74) is 1.08. The molecule has 2 aromatic rings. The lowest BCUT2D eigenvalue weighted by atomic mass is 10.2. The minimum absolute atomic E-state index is 0.0377. The summed E-state index contributed by atoms with van der Waals surface area (Å²) in [5, 5.41) is 17.8. The van der Waals surface area contributed by atoms with E-state index in [0.29, 0.717) is 0 Å². The van der Waals surface area contributed by atoms with E-state index in [-0.39, 0.29) is 18.2 Å². The van der Waals surface area contributed by atoms with Crippen molar-refractivity contribution in [3.63, 3.8) is 0 Å². The predicted octanol–water partition coefficient (Wildman–Crippen LogP) is 3.12. The minimum atomic E-state index is -0.773. The van der Waals surface area contributed by atoms with E-state index in [2.05, 4.69) is 15.0 Å². The number of para-hydroxylation sites is 1. The first-order chi connectivity index (χ1) is 8.65. The minimum Gasteiger partial charge on any atom is -0.493 e. The van der Waals surface area contributed by atoms with Crippen LogP contribution in [0.15, 0.2) is 34.5 Å². The summed E-state index contributed by atoms with van der Waals surface area (Å²) in [6.45, 7) is 1.92. The molecule has 1 N–H and O–H groups in total. The maximum Gasteiger partial charge on any atom is 0.452 e. The Morgan fingerprint density at radius 2 is 2.17 bits per heavy atom. The molecule has 0 bridgehead atoms. The maximum atomic E-state index is 11.1. The van der Waals surface area contributed by atoms with E-state index in [1.54, 1.807) is 24.6 Å². The lowest BCUT2D eigenvalue weighted by molar-refractivity contribution is 0.162. The second-order valence-electron chi connectivity index (χ2n) is 3.65. The van der Waals surface area contributed by atoms with Crippen LogP contribution in [0.5, 0.6) is 5.88 Å². The maximum absolute atomic E-state index is 11.1. The fourth-order valence-electron chi connectivity index (χ4n) is 1.70. The zero-order valence-electron chi connectivity index (χ0n) is 10.1. The molecule has 6 nitrogen and oxygen atoms in total. The number of aromatic nitrogens is 1. The van der Waals surface area contributed by atoms with Crippen LogP contribution in [0.2, 0.25) is 0 Å². The van der Waals surface area contributed by atoms with Gasteiger partial charge in [-0.25, -0.2) is 4.79 Å². The molecule has 1 aromatic carbocycles. The molecule has 1 amide bonds. The van der Waals surface area contributed by atoms with E-state index < -0.39 is 6.09 Å². The van der Waals surface area contributed by atoms with Crippen LogP contribution in [0.25, 0.3) is 10.9 Å². The molecule has 94 valence electrons. The molecular weight excluding hydrogens is 234 g/mol. The highest BCUT2D eigenvalue weighted by Crippen LogP contribution is 2.37. The highest BCUT2D eigenvalue weighted by Gasteiger charge is 2.13. The number of carbonyl (C=O) groups excluding carboxylic acids is 1. The van der Waals surface area contributed by atoms with Gasteiger partial charge in [-0.2, -0.15) is 0 Å². The van der Waals surface area contributed by atoms with Crippen LogP contribution < -0.4 is 0 Å². The van der Waals surface area contributed by atoms with Crippen LogP contribution in [0.3, 0.4) is 0 Å². The molecule has 1 heterocycles. The van der Waals surface area contributed by atoms with Crippen molar-refractivity contribution in [2.24, 2.45) is 17.3 Å². The number of benzene rings is 1. The molecule has 0 atom stereocenters. The Morgan fingerprint density at radius 1 is 1.44 bits per heavy atom. The first-order valence-electron chi connectivity index (χ1n) is 5.50. The molecule has 6 heteroatoms. The van der Waals surface area contributed by atoms with Crippen molar-refractivity contribution in [3.8, 4) is 5.88 Å². The van der Waals surface area contributed by atoms with Crippen LogP contribution in [0.4, 0.5) is 10.5 Å². The zero-order valence-corrected chi connectivity index (χ0v) is 10.1. The van der Waals surface area contributed by atoms with Gasteiger partial charge in [-0.3, -0.25) is 0 Å². The van der Waals surface area contributed by atoms with E-state index >= 15 is 0 Å². The van der Waals surface area contributed by atoms with E-state index in [1.807, 2.05) is 18.2 Å². The molecule has 1 aromatic heterocycles. The topological polar surface area (TPSA) is 76.2 Å². The van der Waals surface area contributed by atoms with Crippen LogP contribution in [-0.4, -0.2) is 22.4 Å². The highest BCUT2D eigenvalue weighted by atomic mass is 16.5. The third-order valence-electron chi connectivity index (χ3n) is 2.55. The molecule has 0 spiro atoms. The van der Waals surface area contributed by atoms with Crippen LogP contribution >= 0.6 is 0 Å². The fraction of sp³-hybridized carbons (Fsp3) is 0.250. The van der Waals surface area contributed by atoms with Crippen molar-refractivity contribution in [1.29, 1.82) is 0 Å². The summed E-state index contributed by atoms with van der Waals surface area (Å²) in [6.07, 6.45) is -0.773. The number of nitrogens with zero attached hydrogens (tertiary/aromatic N) is 3. The van der Waals surface area contributed by atoms with Gasteiger partial charge in [0, 0.05) is 12.4 Å². The molecule has 0 saturated carbocycles. The second-order valence-corrected chi connectivity index (χ2v) is 3.65. The first kappa shape index (κ1) is 12.1. The van der Waals surface area contributed by atoms with E-state index in [4.69, 9.17) is 0 Å². The van der Waals surface area contributed by atoms with Gasteiger partial charge >= 0.3 is 6.09 Å². The Bertz CT molecular complexity index is 616. The molecule has 18 heavy (non-hydrogen) atoms. The van der Waals surface area contributed by atoms with Gasteiger partial charge in [0.2, 0.25) is 5.88 Å². The van der Waals surface area contributed by atoms with Gasteiger partial charge in [-0.15, -0.1) is 5.11 Å². The molecule has 0 fully saturated rings. The lowest BCUT2D eigenvalue weighted by Crippen LogP contribution is -1.95. The van der Waals surface area contributed by atoms with E-state index in [9.17, 15) is 9.90 Å². The molecule has 0 radical (unpaired) electrons. The monoisotopic (exact) mass is 247 g/mol. The smallest absolute Gasteiger partial charge is 0.452 e. The molecule has 0 saturated heterocycles. The molecule has 0 aliphatic rings. The number of aryl methyl sites for hydroxylation is 1. The van der Waals surface area contributed by atoms with Crippen molar-refractivity contribution >= 4 is 22.7 Å². The SMILES string of the molecule is CCOC(=O)N=Nc1c(O)n(C)c2ccccc12. The summed E-state index contributed by atoms with van der Waals surface area (Å²) in [4.78, 5) is 11.1. The van der Waals surface area contributed by atoms with Gasteiger partial charge < -0.3 is 14.4 Å². The highest BCUT2D eigenvalue weighted by molar-refractivity contribution is 5.95. The number of hydrogen-bond donors (Lipinski definition) is 1. The van der Waals surface area contributed by atoms with Gasteiger partial charge in [0.15, 0.2) is 5.69 Å². The van der Waals surface area contributed by atoms with Crippen molar-refractivity contribution in [2.45, 2.75) is 6.92 Å². The normalized spacial score (nSPS) is 11.2. The Kier molecular flexibility index (Phi) is 3.27. The largest absolute Gasteiger partial charge is 0.493 e. The van der Waals surface area contributed by atoms with Crippen LogP contribution in [0.1, 0.15) is 6.92 Å². The van der Waals surface area contributed by atoms with Gasteiger partial charge in [-0.1, -0.05) is 23.3 Å². The first-order valence-corrected chi connectivity index (χ1v) is 5.50. The van der Waals surface area contributed by atoms with Gasteiger partial charge in [-0.05, 0) is 13.0 Å². The second kappa shape index (κ2) is 4.87. The Balaban J connectivity index is 2.45. The van der Waals surface area contributed by atoms with Crippen molar-refractivity contribution in [1.82, 2.24) is 4.57 Å². The molecular formula is C12H13N3O3. The third-order valence-corrected chi connectivity index (χ3v) is 2.55. The average molecular weight is 247 g/mol. The summed E-state index contributed by atoms with van der Waals surface area (Å²) >= 11 is 0. The number of carbonyl (C=O) groups is 1. The molecule has 0 unspecified atom stereocenters. The standard InChI is InChI=1S/C12H13N3O3/c1-3-18-12(17)14-13-10-8-6-4-5-7-9(8)15(2)11(10)16/h4-7,16H,3H2,1-2H3. The van der Waals surface area contributed by atoms with Crippen molar-refractivity contribution < 1.29 is 14.6 Å². The number of rotatable bonds is 2. The number of fused-ring (bicyclic) bond motifs is 1. The lowest BCUT2D eigenvalue weighted by Gasteiger charge is -1.95. The van der Waals surface area contributed by atoms with E-state index in [1.165, 1.54) is 0 Å². The zero-order chi connectivity index (χ0) is 13.1. The molecule has 0 aliphatic carbocycles. The van der Waals surface area contributed by atoms with Gasteiger partial charge in [0.1, 0.15) is 0 Å². The van der Waals surface area contributed by atoms with Crippen LogP contribution in [-0.2, 0) is 11.8 Å². The molecule has 0 aliphatic heterocycles. The Labute approximate surface area is 104 Å². The number of hydrogen-bond acceptors (Lipinski definition) is 4. The van der Waals surface area contributed by atoms with Gasteiger partial charge in [0.05, 0.1) is 12.1 Å². The summed E-state index contributed by atoms with van der Waals surface area (Å²) in [7, 11) is 1.71. The van der Waals surface area contributed by atoms with E-state index in [0.717, 1.165) is 10.9 Å². The quantitative estimate of drug-likeness (QED) is 0.828. The predicted molar refractivity (Wildman–Crippen MR) is 66.1 cm³/mol. The van der Waals surface area contributed by atoms with Crippen molar-refractivity contribution in [2.75, 3.05) is 6.61 Å². The number of ether oxygens (including phenoxy) is 1. The molecule has 2 rings (SSSR count). The summed E-state index contributed by atoms with van der Waals surface area (Å²) in [5.74, 6) is -0.0377. The summed E-state index contributed by atoms with van der Waals surface area (Å²) in [6, 6.07) is 7.33. The fourth-order valence-corrected chi connectivity index (χ4v) is 1.70. The Hall–Kier alpha value is -2.37. The van der Waals surface area contributed by atoms with Gasteiger partial charge in [0.25, 0.3) is 0 Å². The number of aromatic hydroxyl groups is 1. The van der Waals surface area contributed by atoms with Crippen LogP contribution in [0, 0.1) is 0 Å². The summed E-state index contributed by atoms with van der Waals surface area (Å²) < 4.78 is 6.21. The number of azo groups is 1.